The highest BCUT2D eigenvalue weighted by molar-refractivity contribution is 8.14. The zero-order valence-corrected chi connectivity index (χ0v) is 9.10. The van der Waals surface area contributed by atoms with Gasteiger partial charge in [0.2, 0.25) is 0 Å². The second-order valence-electron chi connectivity index (χ2n) is 3.36. The van der Waals surface area contributed by atoms with Crippen molar-refractivity contribution in [2.45, 2.75) is 25.6 Å². The first-order valence-corrected chi connectivity index (χ1v) is 5.49. The lowest BCUT2D eigenvalue weighted by molar-refractivity contribution is 0.390. The SMILES string of the molecule is Cc1cc(CNC2=NCC(C)S2)no1. The van der Waals surface area contributed by atoms with Gasteiger partial charge in [-0.05, 0) is 6.92 Å². The van der Waals surface area contributed by atoms with E-state index in [0.717, 1.165) is 23.2 Å². The molecule has 0 aliphatic carbocycles. The Hall–Kier alpha value is -0.970. The third-order valence-electron chi connectivity index (χ3n) is 1.90. The molecule has 5 heteroatoms. The van der Waals surface area contributed by atoms with Crippen molar-refractivity contribution in [3.05, 3.63) is 17.5 Å². The van der Waals surface area contributed by atoms with Crippen molar-refractivity contribution in [2.75, 3.05) is 6.54 Å². The van der Waals surface area contributed by atoms with Crippen LogP contribution in [-0.4, -0.2) is 22.1 Å². The summed E-state index contributed by atoms with van der Waals surface area (Å²) in [4.78, 5) is 4.35. The molecule has 0 fully saturated rings. The van der Waals surface area contributed by atoms with Crippen LogP contribution in [0.5, 0.6) is 0 Å². The van der Waals surface area contributed by atoms with Gasteiger partial charge < -0.3 is 9.84 Å². The second kappa shape index (κ2) is 4.04. The summed E-state index contributed by atoms with van der Waals surface area (Å²) < 4.78 is 4.96. The lowest BCUT2D eigenvalue weighted by Gasteiger charge is -2.02. The fraction of sp³-hybridized carbons (Fsp3) is 0.556. The maximum atomic E-state index is 4.96. The molecule has 0 radical (unpaired) electrons. The summed E-state index contributed by atoms with van der Waals surface area (Å²) in [6.07, 6.45) is 0. The number of nitrogens with zero attached hydrogens (tertiary/aromatic N) is 2. The predicted octanol–water partition coefficient (Wildman–Crippen LogP) is 1.56. The minimum absolute atomic E-state index is 0.594. The Morgan fingerprint density at radius 2 is 2.57 bits per heavy atom. The molecule has 14 heavy (non-hydrogen) atoms. The molecule has 2 rings (SSSR count). The molecular weight excluding hydrogens is 198 g/mol. The Labute approximate surface area is 87.1 Å². The largest absolute Gasteiger partial charge is 0.361 e. The lowest BCUT2D eigenvalue weighted by atomic mass is 10.4. The summed E-state index contributed by atoms with van der Waals surface area (Å²) in [5.41, 5.74) is 0.922. The number of hydrogen-bond donors (Lipinski definition) is 1. The van der Waals surface area contributed by atoms with E-state index < -0.39 is 0 Å². The van der Waals surface area contributed by atoms with E-state index in [0.29, 0.717) is 11.8 Å². The lowest BCUT2D eigenvalue weighted by Crippen LogP contribution is -2.18. The second-order valence-corrected chi connectivity index (χ2v) is 4.78. The van der Waals surface area contributed by atoms with Gasteiger partial charge in [0.1, 0.15) is 11.5 Å². The quantitative estimate of drug-likeness (QED) is 0.806. The summed E-state index contributed by atoms with van der Waals surface area (Å²) in [6.45, 7) is 5.66. The topological polar surface area (TPSA) is 50.4 Å². The van der Waals surface area contributed by atoms with Crippen LogP contribution in [-0.2, 0) is 6.54 Å². The Morgan fingerprint density at radius 1 is 1.71 bits per heavy atom. The van der Waals surface area contributed by atoms with Crippen LogP contribution < -0.4 is 5.32 Å². The fourth-order valence-electron chi connectivity index (χ4n) is 1.24. The van der Waals surface area contributed by atoms with Gasteiger partial charge in [-0.1, -0.05) is 23.8 Å². The molecule has 0 saturated heterocycles. The van der Waals surface area contributed by atoms with Gasteiger partial charge in [-0.2, -0.15) is 0 Å². The summed E-state index contributed by atoms with van der Waals surface area (Å²) in [5, 5.41) is 8.73. The molecule has 1 aromatic rings. The highest BCUT2D eigenvalue weighted by atomic mass is 32.2. The van der Waals surface area contributed by atoms with E-state index >= 15 is 0 Å². The van der Waals surface area contributed by atoms with Crippen molar-refractivity contribution in [3.63, 3.8) is 0 Å². The van der Waals surface area contributed by atoms with Crippen molar-refractivity contribution < 1.29 is 4.52 Å². The summed E-state index contributed by atoms with van der Waals surface area (Å²) in [5.74, 6) is 0.844. The van der Waals surface area contributed by atoms with Crippen LogP contribution in [0.1, 0.15) is 18.4 Å². The number of nitrogens with one attached hydrogen (secondary N) is 1. The van der Waals surface area contributed by atoms with Gasteiger partial charge in [0.15, 0.2) is 5.17 Å². The molecule has 0 saturated carbocycles. The van der Waals surface area contributed by atoms with Gasteiger partial charge in [0.05, 0.1) is 13.1 Å². The summed E-state index contributed by atoms with van der Waals surface area (Å²) in [7, 11) is 0. The van der Waals surface area contributed by atoms with E-state index in [9.17, 15) is 0 Å². The minimum Gasteiger partial charge on any atom is -0.361 e. The van der Waals surface area contributed by atoms with Gasteiger partial charge in [-0.15, -0.1) is 0 Å². The fourth-order valence-corrected chi connectivity index (χ4v) is 2.08. The maximum Gasteiger partial charge on any atom is 0.157 e. The number of aliphatic imine (C=N–C) groups is 1. The molecule has 1 unspecified atom stereocenters. The normalized spacial score (nSPS) is 21.0. The Morgan fingerprint density at radius 3 is 3.14 bits per heavy atom. The number of amidine groups is 1. The van der Waals surface area contributed by atoms with Crippen LogP contribution in [0.3, 0.4) is 0 Å². The molecule has 0 bridgehead atoms. The molecule has 1 aromatic heterocycles. The number of hydrogen-bond acceptors (Lipinski definition) is 5. The van der Waals surface area contributed by atoms with Gasteiger partial charge in [-0.3, -0.25) is 4.99 Å². The molecule has 1 aliphatic rings. The minimum atomic E-state index is 0.594. The number of aromatic nitrogens is 1. The van der Waals surface area contributed by atoms with E-state index in [1.165, 1.54) is 0 Å². The van der Waals surface area contributed by atoms with Crippen LogP contribution in [0.15, 0.2) is 15.6 Å². The first kappa shape index (κ1) is 9.58. The Bertz CT molecular complexity index is 348. The third kappa shape index (κ3) is 2.29. The smallest absolute Gasteiger partial charge is 0.157 e. The summed E-state index contributed by atoms with van der Waals surface area (Å²) >= 11 is 1.77. The Kier molecular flexibility index (Phi) is 2.77. The Balaban J connectivity index is 1.83. The van der Waals surface area contributed by atoms with E-state index in [-0.39, 0.29) is 0 Å². The van der Waals surface area contributed by atoms with Gasteiger partial charge in [0, 0.05) is 11.3 Å². The maximum absolute atomic E-state index is 4.96. The van der Waals surface area contributed by atoms with E-state index in [4.69, 9.17) is 4.52 Å². The molecule has 4 nitrogen and oxygen atoms in total. The predicted molar refractivity (Wildman–Crippen MR) is 57.4 cm³/mol. The number of thioether (sulfide) groups is 1. The molecule has 76 valence electrons. The zero-order chi connectivity index (χ0) is 9.97. The number of aryl methyl sites for hydroxylation is 1. The van der Waals surface area contributed by atoms with Crippen LogP contribution in [0.2, 0.25) is 0 Å². The molecule has 0 aromatic carbocycles. The highest BCUT2D eigenvalue weighted by Gasteiger charge is 2.14. The van der Waals surface area contributed by atoms with E-state index in [1.54, 1.807) is 11.8 Å². The van der Waals surface area contributed by atoms with Crippen molar-refractivity contribution in [3.8, 4) is 0 Å². The van der Waals surface area contributed by atoms with Crippen LogP contribution in [0, 0.1) is 6.92 Å². The van der Waals surface area contributed by atoms with Crippen LogP contribution >= 0.6 is 11.8 Å². The molecule has 2 heterocycles. The van der Waals surface area contributed by atoms with Gasteiger partial charge in [-0.25, -0.2) is 0 Å². The van der Waals surface area contributed by atoms with Crippen molar-refractivity contribution in [1.29, 1.82) is 0 Å². The average Bonchev–Trinajstić information content (AvgIpc) is 2.72. The molecular formula is C9H13N3OS. The highest BCUT2D eigenvalue weighted by Crippen LogP contribution is 2.18. The van der Waals surface area contributed by atoms with Gasteiger partial charge in [0.25, 0.3) is 0 Å². The zero-order valence-electron chi connectivity index (χ0n) is 8.28. The summed E-state index contributed by atoms with van der Waals surface area (Å²) in [6, 6.07) is 1.93. The first-order chi connectivity index (χ1) is 6.74. The van der Waals surface area contributed by atoms with E-state index in [2.05, 4.69) is 22.4 Å². The monoisotopic (exact) mass is 211 g/mol. The van der Waals surface area contributed by atoms with Crippen molar-refractivity contribution in [1.82, 2.24) is 10.5 Å². The van der Waals surface area contributed by atoms with E-state index in [1.807, 2.05) is 13.0 Å². The number of rotatable bonds is 2. The van der Waals surface area contributed by atoms with Gasteiger partial charge >= 0.3 is 0 Å². The molecule has 1 atom stereocenters. The van der Waals surface area contributed by atoms with Crippen molar-refractivity contribution >= 4 is 16.9 Å². The first-order valence-electron chi connectivity index (χ1n) is 4.61. The molecule has 0 spiro atoms. The van der Waals surface area contributed by atoms with Crippen LogP contribution in [0.25, 0.3) is 0 Å². The molecule has 0 amide bonds. The van der Waals surface area contributed by atoms with Crippen molar-refractivity contribution in [2.24, 2.45) is 4.99 Å². The third-order valence-corrected chi connectivity index (χ3v) is 2.95. The molecule has 1 aliphatic heterocycles. The standard InChI is InChI=1S/C9H13N3OS/c1-6-3-8(12-13-6)5-11-9-10-4-7(2)14-9/h3,7H,4-5H2,1-2H3,(H,10,11). The molecule has 1 N–H and O–H groups in total. The van der Waals surface area contributed by atoms with Crippen LogP contribution in [0.4, 0.5) is 0 Å². The average molecular weight is 211 g/mol.